The van der Waals surface area contributed by atoms with Gasteiger partial charge < -0.3 is 5.11 Å². The van der Waals surface area contributed by atoms with E-state index in [0.29, 0.717) is 0 Å². The van der Waals surface area contributed by atoms with Crippen LogP contribution in [0.4, 0.5) is 0 Å². The van der Waals surface area contributed by atoms with Crippen molar-refractivity contribution in [1.29, 1.82) is 0 Å². The number of hydrogen-bond acceptors (Lipinski definition) is 1. The van der Waals surface area contributed by atoms with Crippen LogP contribution < -0.4 is 21.0 Å². The number of hydrogen-bond donors (Lipinski definition) is 0. The van der Waals surface area contributed by atoms with Crippen LogP contribution in [-0.2, 0) is 17.1 Å². The van der Waals surface area contributed by atoms with E-state index >= 15 is 0 Å². The fourth-order valence-electron chi connectivity index (χ4n) is 2.18. The third kappa shape index (κ3) is 6.23. The van der Waals surface area contributed by atoms with E-state index in [1.807, 2.05) is 6.92 Å². The summed E-state index contributed by atoms with van der Waals surface area (Å²) in [6, 6.07) is 32.3. The maximum Gasteiger partial charge on any atom is 1.00 e. The van der Waals surface area contributed by atoms with Crippen molar-refractivity contribution >= 4 is 23.8 Å². The Morgan fingerprint density at radius 1 is 0.625 bits per heavy atom. The Balaban J connectivity index is 0.000000522. The largest absolute Gasteiger partial charge is 1.00 e. The Morgan fingerprint density at radius 3 is 1.08 bits per heavy atom. The Hall–Kier alpha value is -1.43. The van der Waals surface area contributed by atoms with Crippen LogP contribution in [-0.4, -0.2) is 6.61 Å². The van der Waals surface area contributed by atoms with Crippen LogP contribution in [0.3, 0.4) is 0 Å². The predicted octanol–water partition coefficient (Wildman–Crippen LogP) is 3.20. The van der Waals surface area contributed by atoms with Gasteiger partial charge >= 0.3 is 17.1 Å². The average molecular weight is 385 g/mol. The summed E-state index contributed by atoms with van der Waals surface area (Å²) in [6.45, 7) is 1.94. The van der Waals surface area contributed by atoms with Crippen LogP contribution in [0.2, 0.25) is 0 Å². The molecule has 0 N–H and O–H groups in total. The molecule has 24 heavy (non-hydrogen) atoms. The molecule has 0 atom stereocenters. The van der Waals surface area contributed by atoms with Crippen molar-refractivity contribution in [2.75, 3.05) is 6.61 Å². The van der Waals surface area contributed by atoms with Gasteiger partial charge in [0.15, 0.2) is 0 Å². The molecule has 3 heteroatoms. The van der Waals surface area contributed by atoms with Gasteiger partial charge in [0, 0.05) is 0 Å². The van der Waals surface area contributed by atoms with Gasteiger partial charge in [0.1, 0.15) is 0 Å². The molecule has 0 radical (unpaired) electrons. The van der Waals surface area contributed by atoms with E-state index in [9.17, 15) is 5.11 Å². The van der Waals surface area contributed by atoms with Crippen LogP contribution in [0.15, 0.2) is 91.0 Å². The molecule has 1 nitrogen and oxygen atoms in total. The molecule has 3 aromatic carbocycles. The predicted molar refractivity (Wildman–Crippen MR) is 100 cm³/mol. The molecule has 0 spiro atoms. The maximum absolute atomic E-state index is 9.30. The van der Waals surface area contributed by atoms with E-state index in [1.54, 1.807) is 0 Å². The minimum Gasteiger partial charge on any atom is -0.854 e. The molecule has 0 saturated heterocycles. The minimum absolute atomic E-state index is 0. The molecule has 128 valence electrons. The second-order valence-corrected chi connectivity index (χ2v) is 7.27. The Labute approximate surface area is 157 Å². The van der Waals surface area contributed by atoms with E-state index in [2.05, 4.69) is 91.0 Å². The Kier molecular flexibility index (Phi) is 10.3. The summed E-state index contributed by atoms with van der Waals surface area (Å²) in [6.07, 6.45) is 0.764. The van der Waals surface area contributed by atoms with Gasteiger partial charge in [-0.2, -0.15) is 0 Å². The summed E-state index contributed by atoms with van der Waals surface area (Å²) in [4.78, 5) is 0. The summed E-state index contributed by atoms with van der Waals surface area (Å²) in [5.41, 5.74) is 0. The quantitative estimate of drug-likeness (QED) is 0.500. The first-order chi connectivity index (χ1) is 11.4. The van der Waals surface area contributed by atoms with Crippen LogP contribution in [0.1, 0.15) is 13.3 Å². The van der Waals surface area contributed by atoms with Gasteiger partial charge in [-0.1, -0.05) is 104 Å². The van der Waals surface area contributed by atoms with Crippen molar-refractivity contribution in [2.24, 2.45) is 0 Å². The summed E-state index contributed by atoms with van der Waals surface area (Å²) in [7, 11) is -0.446. The van der Waals surface area contributed by atoms with Crippen LogP contribution in [0.25, 0.3) is 0 Å². The van der Waals surface area contributed by atoms with Gasteiger partial charge in [-0.25, -0.2) is 0 Å². The van der Waals surface area contributed by atoms with Crippen molar-refractivity contribution in [3.05, 3.63) is 91.0 Å². The summed E-state index contributed by atoms with van der Waals surface area (Å²) < 4.78 is 0. The van der Waals surface area contributed by atoms with Gasteiger partial charge in [-0.15, -0.1) is 6.61 Å². The van der Waals surface area contributed by atoms with Gasteiger partial charge in [0.25, 0.3) is 0 Å². The van der Waals surface area contributed by atoms with Gasteiger partial charge in [0.05, 0.1) is 0 Å². The SMILES string of the molecule is CCC[O-].[Cu+].c1ccc(P(c2ccccc2)c2ccccc2)cc1. The smallest absolute Gasteiger partial charge is 0.854 e. The van der Waals surface area contributed by atoms with E-state index in [0.717, 1.165) is 6.42 Å². The van der Waals surface area contributed by atoms with Gasteiger partial charge in [0.2, 0.25) is 0 Å². The molecule has 0 fully saturated rings. The fourth-order valence-corrected chi connectivity index (χ4v) is 4.48. The van der Waals surface area contributed by atoms with Gasteiger partial charge in [-0.05, 0) is 23.8 Å². The topological polar surface area (TPSA) is 23.1 Å². The molecule has 0 amide bonds. The molecule has 0 aliphatic carbocycles. The normalized spacial score (nSPS) is 9.62. The number of benzene rings is 3. The summed E-state index contributed by atoms with van der Waals surface area (Å²) in [5.74, 6) is 0. The van der Waals surface area contributed by atoms with Crippen molar-refractivity contribution in [2.45, 2.75) is 13.3 Å². The van der Waals surface area contributed by atoms with Gasteiger partial charge in [-0.3, -0.25) is 0 Å². The van der Waals surface area contributed by atoms with E-state index in [4.69, 9.17) is 0 Å². The monoisotopic (exact) mass is 384 g/mol. The average Bonchev–Trinajstić information content (AvgIpc) is 2.65. The molecular formula is C21H22CuOP. The first-order valence-corrected chi connectivity index (χ1v) is 9.24. The molecule has 0 saturated carbocycles. The van der Waals surface area contributed by atoms with Crippen molar-refractivity contribution < 1.29 is 22.2 Å². The summed E-state index contributed by atoms with van der Waals surface area (Å²) in [5, 5.41) is 13.5. The first kappa shape index (κ1) is 20.6. The van der Waals surface area contributed by atoms with E-state index < -0.39 is 7.92 Å². The molecule has 3 rings (SSSR count). The fraction of sp³-hybridized carbons (Fsp3) is 0.143. The minimum atomic E-state index is -0.446. The van der Waals surface area contributed by atoms with Crippen molar-refractivity contribution in [3.63, 3.8) is 0 Å². The van der Waals surface area contributed by atoms with Crippen molar-refractivity contribution in [3.8, 4) is 0 Å². The Morgan fingerprint density at radius 2 is 0.875 bits per heavy atom. The Bertz CT molecular complexity index is 563. The summed E-state index contributed by atoms with van der Waals surface area (Å²) >= 11 is 0. The molecule has 0 unspecified atom stereocenters. The van der Waals surface area contributed by atoms with Crippen LogP contribution in [0, 0.1) is 0 Å². The third-order valence-corrected chi connectivity index (χ3v) is 5.69. The van der Waals surface area contributed by atoms with Crippen LogP contribution >= 0.6 is 7.92 Å². The zero-order valence-electron chi connectivity index (χ0n) is 13.7. The molecule has 0 aliphatic heterocycles. The third-order valence-electron chi connectivity index (χ3n) is 3.25. The molecule has 0 aromatic heterocycles. The van der Waals surface area contributed by atoms with Crippen molar-refractivity contribution in [1.82, 2.24) is 0 Å². The zero-order chi connectivity index (χ0) is 16.3. The number of rotatable bonds is 4. The second-order valence-electron chi connectivity index (χ2n) is 5.05. The zero-order valence-corrected chi connectivity index (χ0v) is 15.6. The second kappa shape index (κ2) is 12.0. The molecular weight excluding hydrogens is 363 g/mol. The first-order valence-electron chi connectivity index (χ1n) is 7.90. The maximum atomic E-state index is 9.30. The standard InChI is InChI=1S/C18H15P.C3H7O.Cu/c1-4-10-16(11-5-1)19(17-12-6-2-7-13-17)18-14-8-3-9-15-18;1-2-3-4;/h1-15H;2-3H2,1H3;/q;-1;+1. The molecule has 0 aliphatic rings. The molecule has 3 aromatic rings. The molecule has 0 bridgehead atoms. The van der Waals surface area contributed by atoms with E-state index in [-0.39, 0.29) is 23.7 Å². The molecule has 0 heterocycles. The van der Waals surface area contributed by atoms with Crippen LogP contribution in [0.5, 0.6) is 0 Å². The van der Waals surface area contributed by atoms with E-state index in [1.165, 1.54) is 15.9 Å².